The topological polar surface area (TPSA) is 15.3 Å². The van der Waals surface area contributed by atoms with Crippen molar-refractivity contribution in [2.45, 2.75) is 25.8 Å². The third-order valence-electron chi connectivity index (χ3n) is 2.37. The molecule has 0 spiro atoms. The van der Waals surface area contributed by atoms with Gasteiger partial charge in [-0.25, -0.2) is 0 Å². The molecule has 2 heteroatoms. The van der Waals surface area contributed by atoms with Gasteiger partial charge in [-0.05, 0) is 19.4 Å². The molecule has 1 aliphatic heterocycles. The molecule has 12 heavy (non-hydrogen) atoms. The summed E-state index contributed by atoms with van der Waals surface area (Å²) >= 11 is 0. The minimum Gasteiger partial charge on any atom is -0.313 e. The Hall–Kier alpha value is -0.520. The van der Waals surface area contributed by atoms with Gasteiger partial charge in [0.1, 0.15) is 0 Å². The van der Waals surface area contributed by atoms with Crippen LogP contribution >= 0.6 is 0 Å². The minimum absolute atomic E-state index is 0.640. The molecule has 1 rings (SSSR count). The van der Waals surface area contributed by atoms with Crippen LogP contribution in [-0.2, 0) is 0 Å². The fraction of sp³-hybridized carbons (Fsp3) is 0.800. The maximum Gasteiger partial charge on any atom is 0.0599 e. The largest absolute Gasteiger partial charge is 0.313 e. The van der Waals surface area contributed by atoms with Crippen molar-refractivity contribution in [1.82, 2.24) is 10.2 Å². The molecular weight excluding hydrogens is 148 g/mol. The molecule has 0 aromatic heterocycles. The molecule has 1 N–H and O–H groups in total. The van der Waals surface area contributed by atoms with Crippen molar-refractivity contribution in [2.24, 2.45) is 0 Å². The van der Waals surface area contributed by atoms with Gasteiger partial charge in [0, 0.05) is 19.1 Å². The number of hydrogen-bond acceptors (Lipinski definition) is 2. The Kier molecular flexibility index (Phi) is 4.13. The molecule has 0 aliphatic carbocycles. The molecule has 0 bridgehead atoms. The van der Waals surface area contributed by atoms with Crippen molar-refractivity contribution in [2.75, 3.05) is 26.2 Å². The molecule has 2 nitrogen and oxygen atoms in total. The fourth-order valence-corrected chi connectivity index (χ4v) is 1.62. The molecule has 1 saturated heterocycles. The van der Waals surface area contributed by atoms with Crippen LogP contribution in [0.3, 0.4) is 0 Å². The quantitative estimate of drug-likeness (QED) is 0.607. The van der Waals surface area contributed by atoms with Crippen molar-refractivity contribution in [3.05, 3.63) is 0 Å². The summed E-state index contributed by atoms with van der Waals surface area (Å²) < 4.78 is 0. The highest BCUT2D eigenvalue weighted by atomic mass is 15.2. The first-order chi connectivity index (χ1) is 5.86. The Morgan fingerprint density at radius 3 is 3.17 bits per heavy atom. The van der Waals surface area contributed by atoms with E-state index < -0.39 is 0 Å². The predicted octanol–water partition coefficient (Wildman–Crippen LogP) is 0.694. The number of terminal acetylenes is 1. The van der Waals surface area contributed by atoms with E-state index >= 15 is 0 Å². The van der Waals surface area contributed by atoms with Gasteiger partial charge in [0.2, 0.25) is 0 Å². The van der Waals surface area contributed by atoms with Crippen LogP contribution in [0.1, 0.15) is 19.8 Å². The molecule has 1 aliphatic rings. The van der Waals surface area contributed by atoms with Gasteiger partial charge in [-0.1, -0.05) is 12.8 Å². The van der Waals surface area contributed by atoms with Crippen molar-refractivity contribution in [1.29, 1.82) is 0 Å². The highest BCUT2D eigenvalue weighted by molar-refractivity contribution is 4.90. The van der Waals surface area contributed by atoms with Gasteiger partial charge in [0.15, 0.2) is 0 Å². The van der Waals surface area contributed by atoms with E-state index in [-0.39, 0.29) is 0 Å². The first-order valence-corrected chi connectivity index (χ1v) is 4.76. The van der Waals surface area contributed by atoms with Crippen LogP contribution in [-0.4, -0.2) is 37.1 Å². The summed E-state index contributed by atoms with van der Waals surface area (Å²) in [4.78, 5) is 2.36. The number of nitrogens with one attached hydrogen (secondary N) is 1. The van der Waals surface area contributed by atoms with Crippen LogP contribution in [0.4, 0.5) is 0 Å². The van der Waals surface area contributed by atoms with Crippen LogP contribution in [0.15, 0.2) is 0 Å². The lowest BCUT2D eigenvalue weighted by molar-refractivity contribution is 0.296. The van der Waals surface area contributed by atoms with E-state index in [1.807, 2.05) is 0 Å². The first-order valence-electron chi connectivity index (χ1n) is 4.76. The molecular formula is C10H18N2. The predicted molar refractivity (Wildman–Crippen MR) is 52.0 cm³/mol. The van der Waals surface area contributed by atoms with Crippen LogP contribution in [0.25, 0.3) is 0 Å². The van der Waals surface area contributed by atoms with E-state index in [9.17, 15) is 0 Å². The second-order valence-electron chi connectivity index (χ2n) is 3.35. The SMILES string of the molecule is C#CCN1CCCNC(CC)C1. The molecule has 1 unspecified atom stereocenters. The average molecular weight is 166 g/mol. The summed E-state index contributed by atoms with van der Waals surface area (Å²) in [5, 5.41) is 3.51. The van der Waals surface area contributed by atoms with Gasteiger partial charge in [-0.3, -0.25) is 4.90 Å². The lowest BCUT2D eigenvalue weighted by Gasteiger charge is -2.20. The van der Waals surface area contributed by atoms with Gasteiger partial charge >= 0.3 is 0 Å². The Labute approximate surface area is 75.3 Å². The van der Waals surface area contributed by atoms with Crippen molar-refractivity contribution >= 4 is 0 Å². The normalized spacial score (nSPS) is 26.2. The average Bonchev–Trinajstić information content (AvgIpc) is 2.30. The summed E-state index contributed by atoms with van der Waals surface area (Å²) in [7, 11) is 0. The van der Waals surface area contributed by atoms with Gasteiger partial charge in [-0.15, -0.1) is 6.42 Å². The molecule has 68 valence electrons. The zero-order valence-electron chi connectivity index (χ0n) is 7.84. The highest BCUT2D eigenvalue weighted by Crippen LogP contribution is 2.02. The molecule has 1 fully saturated rings. The molecule has 0 amide bonds. The van der Waals surface area contributed by atoms with Crippen molar-refractivity contribution in [3.63, 3.8) is 0 Å². The Bertz CT molecular complexity index is 160. The summed E-state index contributed by atoms with van der Waals surface area (Å²) in [6.07, 6.45) is 7.70. The molecule has 0 aromatic rings. The maximum absolute atomic E-state index is 5.29. The molecule has 1 atom stereocenters. The van der Waals surface area contributed by atoms with Gasteiger partial charge < -0.3 is 5.32 Å². The van der Waals surface area contributed by atoms with Gasteiger partial charge in [0.25, 0.3) is 0 Å². The zero-order valence-corrected chi connectivity index (χ0v) is 7.84. The maximum atomic E-state index is 5.29. The lowest BCUT2D eigenvalue weighted by atomic mass is 10.2. The summed E-state index contributed by atoms with van der Waals surface area (Å²) in [6, 6.07) is 0.640. The van der Waals surface area contributed by atoms with Crippen LogP contribution in [0, 0.1) is 12.3 Å². The second kappa shape index (κ2) is 5.18. The number of rotatable bonds is 2. The summed E-state index contributed by atoms with van der Waals surface area (Å²) in [5.74, 6) is 2.71. The molecule has 1 heterocycles. The summed E-state index contributed by atoms with van der Waals surface area (Å²) in [5.41, 5.74) is 0. The molecule has 0 aromatic carbocycles. The second-order valence-corrected chi connectivity index (χ2v) is 3.35. The fourth-order valence-electron chi connectivity index (χ4n) is 1.62. The number of hydrogen-bond donors (Lipinski definition) is 1. The number of nitrogens with zero attached hydrogens (tertiary/aromatic N) is 1. The van der Waals surface area contributed by atoms with E-state index in [0.29, 0.717) is 6.04 Å². The monoisotopic (exact) mass is 166 g/mol. The lowest BCUT2D eigenvalue weighted by Crippen LogP contribution is -2.37. The van der Waals surface area contributed by atoms with Crippen LogP contribution in [0.2, 0.25) is 0 Å². The Morgan fingerprint density at radius 2 is 2.50 bits per heavy atom. The highest BCUT2D eigenvalue weighted by Gasteiger charge is 2.14. The standard InChI is InChI=1S/C10H18N2/c1-3-7-12-8-5-6-11-10(4-2)9-12/h1,10-11H,4-9H2,2H3. The van der Waals surface area contributed by atoms with E-state index in [1.165, 1.54) is 12.8 Å². The molecule has 0 radical (unpaired) electrons. The zero-order chi connectivity index (χ0) is 8.81. The molecule has 0 saturated carbocycles. The smallest absolute Gasteiger partial charge is 0.0599 e. The van der Waals surface area contributed by atoms with E-state index in [1.54, 1.807) is 0 Å². The van der Waals surface area contributed by atoms with Gasteiger partial charge in [0.05, 0.1) is 6.54 Å². The summed E-state index contributed by atoms with van der Waals surface area (Å²) in [6.45, 7) is 6.42. The van der Waals surface area contributed by atoms with E-state index in [0.717, 1.165) is 26.2 Å². The first kappa shape index (κ1) is 9.57. The van der Waals surface area contributed by atoms with Crippen LogP contribution in [0.5, 0.6) is 0 Å². The minimum atomic E-state index is 0.640. The third-order valence-corrected chi connectivity index (χ3v) is 2.37. The van der Waals surface area contributed by atoms with Gasteiger partial charge in [-0.2, -0.15) is 0 Å². The van der Waals surface area contributed by atoms with E-state index in [2.05, 4.69) is 23.1 Å². The Morgan fingerprint density at radius 1 is 1.67 bits per heavy atom. The van der Waals surface area contributed by atoms with Crippen LogP contribution < -0.4 is 5.32 Å². The van der Waals surface area contributed by atoms with Crippen molar-refractivity contribution < 1.29 is 0 Å². The van der Waals surface area contributed by atoms with E-state index in [4.69, 9.17) is 6.42 Å². The Balaban J connectivity index is 2.37. The van der Waals surface area contributed by atoms with Crippen molar-refractivity contribution in [3.8, 4) is 12.3 Å². The third kappa shape index (κ3) is 2.84.